The number of nitrogens with zero attached hydrogens (tertiary/aromatic N) is 3. The van der Waals surface area contributed by atoms with Crippen molar-refractivity contribution >= 4 is 0 Å². The van der Waals surface area contributed by atoms with Gasteiger partial charge in [-0.3, -0.25) is 0 Å². The van der Waals surface area contributed by atoms with Gasteiger partial charge in [-0.05, 0) is 0 Å². The van der Waals surface area contributed by atoms with Crippen molar-refractivity contribution in [1.29, 1.82) is 0 Å². The number of hydrogen-bond donors (Lipinski definition) is 0. The fourth-order valence-corrected chi connectivity index (χ4v) is 19.0. The van der Waals surface area contributed by atoms with Gasteiger partial charge < -0.3 is 0 Å². The average molecular weight is 331 g/mol. The van der Waals surface area contributed by atoms with E-state index in [1.807, 2.05) is 0 Å². The Hall–Kier alpha value is 0.243. The summed E-state index contributed by atoms with van der Waals surface area (Å²) < 4.78 is 7.85. The molecule has 0 heterocycles. The van der Waals surface area contributed by atoms with E-state index in [4.69, 9.17) is 0 Å². The molecule has 104 valence electrons. The van der Waals surface area contributed by atoms with Crippen molar-refractivity contribution in [3.8, 4) is 0 Å². The molecule has 0 radical (unpaired) electrons. The number of rotatable bonds is 6. The quantitative estimate of drug-likeness (QED) is 0.741. The third-order valence-electron chi connectivity index (χ3n) is 4.06. The minimum absolute atomic E-state index is 0.250. The molecule has 0 amide bonds. The SMILES string of the molecule is CCC[C]1([Zr]([N](C)C)([N](C)C)[N](C)C)C=CC=C1. The summed E-state index contributed by atoms with van der Waals surface area (Å²) >= 11 is -2.86. The van der Waals surface area contributed by atoms with Gasteiger partial charge in [0.15, 0.2) is 0 Å². The van der Waals surface area contributed by atoms with Gasteiger partial charge >= 0.3 is 119 Å². The van der Waals surface area contributed by atoms with Crippen molar-refractivity contribution in [2.75, 3.05) is 42.3 Å². The van der Waals surface area contributed by atoms with Crippen LogP contribution in [-0.4, -0.2) is 50.8 Å². The molecule has 0 unspecified atom stereocenters. The molecule has 4 heteroatoms. The Balaban J connectivity index is 3.40. The van der Waals surface area contributed by atoms with Crippen LogP contribution in [-0.2, 0) is 21.1 Å². The Labute approximate surface area is 119 Å². The van der Waals surface area contributed by atoms with Gasteiger partial charge in [0, 0.05) is 0 Å². The summed E-state index contributed by atoms with van der Waals surface area (Å²) in [4.78, 5) is 0. The molecule has 18 heavy (non-hydrogen) atoms. The van der Waals surface area contributed by atoms with E-state index >= 15 is 0 Å². The second kappa shape index (κ2) is 6.13. The van der Waals surface area contributed by atoms with Gasteiger partial charge in [-0.2, -0.15) is 0 Å². The molecule has 0 spiro atoms. The van der Waals surface area contributed by atoms with Crippen LogP contribution in [0.15, 0.2) is 24.3 Å². The fraction of sp³-hybridized carbons (Fsp3) is 0.714. The maximum absolute atomic E-state index is 2.86. The van der Waals surface area contributed by atoms with Gasteiger partial charge in [-0.25, -0.2) is 0 Å². The van der Waals surface area contributed by atoms with E-state index in [2.05, 4.69) is 82.0 Å². The zero-order valence-electron chi connectivity index (χ0n) is 13.1. The van der Waals surface area contributed by atoms with E-state index < -0.39 is 21.1 Å². The maximum atomic E-state index is 2.53. The van der Waals surface area contributed by atoms with Gasteiger partial charge in [0.25, 0.3) is 0 Å². The predicted octanol–water partition coefficient (Wildman–Crippen LogP) is 2.65. The first-order valence-electron chi connectivity index (χ1n) is 6.74. The summed E-state index contributed by atoms with van der Waals surface area (Å²) in [5, 5.41) is 0. The molecule has 0 aromatic carbocycles. The van der Waals surface area contributed by atoms with Gasteiger partial charge in [0.2, 0.25) is 0 Å². The van der Waals surface area contributed by atoms with Gasteiger partial charge in [0.05, 0.1) is 0 Å². The first-order valence-corrected chi connectivity index (χ1v) is 11.3. The molecular formula is C14H29N3Zr. The molecule has 0 saturated carbocycles. The van der Waals surface area contributed by atoms with Gasteiger partial charge in [0.1, 0.15) is 0 Å². The van der Waals surface area contributed by atoms with Crippen LogP contribution in [0.25, 0.3) is 0 Å². The van der Waals surface area contributed by atoms with E-state index in [1.165, 1.54) is 12.8 Å². The summed E-state index contributed by atoms with van der Waals surface area (Å²) in [7, 11) is 13.5. The zero-order chi connectivity index (χ0) is 14.0. The van der Waals surface area contributed by atoms with Crippen molar-refractivity contribution in [3.05, 3.63) is 24.3 Å². The van der Waals surface area contributed by atoms with Crippen LogP contribution in [0.2, 0.25) is 3.12 Å². The second-order valence-corrected chi connectivity index (χ2v) is 17.8. The molecule has 0 bridgehead atoms. The molecule has 1 aliphatic rings. The van der Waals surface area contributed by atoms with Crippen LogP contribution >= 0.6 is 0 Å². The van der Waals surface area contributed by atoms with Gasteiger partial charge in [-0.15, -0.1) is 0 Å². The summed E-state index contributed by atoms with van der Waals surface area (Å²) in [6.07, 6.45) is 11.8. The third-order valence-corrected chi connectivity index (χ3v) is 17.8. The molecule has 0 aromatic rings. The Bertz CT molecular complexity index is 298. The molecule has 0 saturated heterocycles. The van der Waals surface area contributed by atoms with E-state index in [9.17, 15) is 0 Å². The standard InChI is InChI=1S/C8H11.3C2H6N.Zr/c1-2-5-8-6-3-4-7-8;3*1-3-2;/h3-4,6-7H,2,5H2,1H3;3*1-2H3;/q;3*-1;+3. The number of hydrogen-bond acceptors (Lipinski definition) is 3. The molecular weight excluding hydrogens is 301 g/mol. The van der Waals surface area contributed by atoms with E-state index in [0.29, 0.717) is 0 Å². The summed E-state index contributed by atoms with van der Waals surface area (Å²) in [5.74, 6) is 0. The van der Waals surface area contributed by atoms with Crippen LogP contribution in [0.1, 0.15) is 19.8 Å². The number of allylic oxidation sites excluding steroid dienone is 4. The molecule has 0 N–H and O–H groups in total. The molecule has 1 rings (SSSR count). The zero-order valence-corrected chi connectivity index (χ0v) is 15.5. The Morgan fingerprint density at radius 2 is 1.22 bits per heavy atom. The molecule has 0 fully saturated rings. The van der Waals surface area contributed by atoms with Crippen molar-refractivity contribution in [2.45, 2.75) is 22.9 Å². The normalized spacial score (nSPS) is 18.6. The summed E-state index contributed by atoms with van der Waals surface area (Å²) in [5.41, 5.74) is 0. The first kappa shape index (κ1) is 16.3. The van der Waals surface area contributed by atoms with Crippen molar-refractivity contribution in [3.63, 3.8) is 0 Å². The van der Waals surface area contributed by atoms with E-state index in [0.717, 1.165) is 0 Å². The topological polar surface area (TPSA) is 9.72 Å². The summed E-state index contributed by atoms with van der Waals surface area (Å²) in [6.45, 7) is 2.29. The van der Waals surface area contributed by atoms with E-state index in [1.54, 1.807) is 0 Å². The Morgan fingerprint density at radius 3 is 1.50 bits per heavy atom. The molecule has 1 aliphatic carbocycles. The van der Waals surface area contributed by atoms with Crippen molar-refractivity contribution in [2.24, 2.45) is 0 Å². The van der Waals surface area contributed by atoms with Crippen LogP contribution < -0.4 is 0 Å². The van der Waals surface area contributed by atoms with Crippen LogP contribution in [0, 0.1) is 0 Å². The monoisotopic (exact) mass is 329 g/mol. The van der Waals surface area contributed by atoms with Crippen LogP contribution in [0.5, 0.6) is 0 Å². The first-order chi connectivity index (χ1) is 8.35. The van der Waals surface area contributed by atoms with Gasteiger partial charge in [-0.1, -0.05) is 0 Å². The third kappa shape index (κ3) is 2.33. The van der Waals surface area contributed by atoms with Crippen LogP contribution in [0.3, 0.4) is 0 Å². The molecule has 0 aromatic heterocycles. The minimum atomic E-state index is -2.86. The van der Waals surface area contributed by atoms with Crippen molar-refractivity contribution in [1.82, 2.24) is 8.53 Å². The van der Waals surface area contributed by atoms with Crippen LogP contribution in [0.4, 0.5) is 0 Å². The molecule has 3 nitrogen and oxygen atoms in total. The van der Waals surface area contributed by atoms with Crippen molar-refractivity contribution < 1.29 is 21.1 Å². The fourth-order valence-electron chi connectivity index (χ4n) is 3.93. The molecule has 0 atom stereocenters. The molecule has 0 aliphatic heterocycles. The second-order valence-electron chi connectivity index (χ2n) is 5.83. The predicted molar refractivity (Wildman–Crippen MR) is 76.9 cm³/mol. The Morgan fingerprint density at radius 1 is 0.833 bits per heavy atom. The average Bonchev–Trinajstić information content (AvgIpc) is 2.66. The summed E-state index contributed by atoms with van der Waals surface area (Å²) in [6, 6.07) is 0. The Kier molecular flexibility index (Phi) is 5.55. The van der Waals surface area contributed by atoms with E-state index in [-0.39, 0.29) is 3.12 Å².